The van der Waals surface area contributed by atoms with Gasteiger partial charge in [-0.25, -0.2) is 9.59 Å². The molecule has 1 aliphatic heterocycles. The molecule has 0 aromatic heterocycles. The second kappa shape index (κ2) is 8.30. The Morgan fingerprint density at radius 3 is 2.53 bits per heavy atom. The van der Waals surface area contributed by atoms with Crippen LogP contribution in [0.5, 0.6) is 0 Å². The molecule has 2 N–H and O–H groups in total. The minimum absolute atomic E-state index is 0.233. The van der Waals surface area contributed by atoms with Crippen molar-refractivity contribution in [3.63, 3.8) is 0 Å². The Morgan fingerprint density at radius 2 is 2.05 bits per heavy atom. The van der Waals surface area contributed by atoms with E-state index in [4.69, 9.17) is 5.11 Å². The van der Waals surface area contributed by atoms with Crippen molar-refractivity contribution in [1.82, 2.24) is 10.2 Å². The number of likely N-dealkylation sites (tertiary alicyclic amines) is 1. The average molecular weight is 288 g/mol. The van der Waals surface area contributed by atoms with Crippen molar-refractivity contribution in [2.45, 2.75) is 38.6 Å². The zero-order chi connectivity index (χ0) is 14.3. The molecule has 0 aromatic rings. The molecule has 5 nitrogen and oxygen atoms in total. The molecule has 0 bridgehead atoms. The zero-order valence-corrected chi connectivity index (χ0v) is 12.5. The number of nitrogens with one attached hydrogen (secondary N) is 1. The first-order chi connectivity index (χ1) is 9.08. The maximum absolute atomic E-state index is 12.0. The molecule has 6 heteroatoms. The number of piperidine rings is 1. The maximum atomic E-state index is 12.0. The minimum Gasteiger partial charge on any atom is -0.480 e. The van der Waals surface area contributed by atoms with E-state index in [9.17, 15) is 9.59 Å². The molecule has 19 heavy (non-hydrogen) atoms. The van der Waals surface area contributed by atoms with Crippen molar-refractivity contribution in [1.29, 1.82) is 0 Å². The third-order valence-corrected chi connectivity index (χ3v) is 4.33. The molecule has 1 fully saturated rings. The molecule has 0 spiro atoms. The number of hydrogen-bond acceptors (Lipinski definition) is 3. The Bertz CT molecular complexity index is 304. The summed E-state index contributed by atoms with van der Waals surface area (Å²) < 4.78 is 0. The molecule has 0 radical (unpaired) electrons. The number of nitrogens with zero attached hydrogens (tertiary/aromatic N) is 1. The van der Waals surface area contributed by atoms with E-state index in [-0.39, 0.29) is 6.03 Å². The number of aliphatic carboxylic acids is 1. The largest absolute Gasteiger partial charge is 0.480 e. The maximum Gasteiger partial charge on any atom is 0.326 e. The summed E-state index contributed by atoms with van der Waals surface area (Å²) >= 11 is 1.59. The minimum atomic E-state index is -0.953. The second-order valence-electron chi connectivity index (χ2n) is 4.96. The summed E-state index contributed by atoms with van der Waals surface area (Å²) in [5.74, 6) is 0.483. The van der Waals surface area contributed by atoms with Crippen LogP contribution in [-0.4, -0.2) is 53.1 Å². The first-order valence-electron chi connectivity index (χ1n) is 6.85. The van der Waals surface area contributed by atoms with E-state index < -0.39 is 12.0 Å². The van der Waals surface area contributed by atoms with Crippen molar-refractivity contribution in [2.75, 3.05) is 25.1 Å². The summed E-state index contributed by atoms with van der Waals surface area (Å²) in [6, 6.07) is -1.01. The van der Waals surface area contributed by atoms with Crippen LogP contribution < -0.4 is 5.32 Å². The van der Waals surface area contributed by atoms with Gasteiger partial charge in [-0.3, -0.25) is 0 Å². The van der Waals surface area contributed by atoms with Gasteiger partial charge in [-0.2, -0.15) is 11.8 Å². The summed E-state index contributed by atoms with van der Waals surface area (Å²) in [7, 11) is 0. The monoisotopic (exact) mass is 288 g/mol. The zero-order valence-electron chi connectivity index (χ0n) is 11.7. The second-order valence-corrected chi connectivity index (χ2v) is 5.95. The molecule has 1 atom stereocenters. The van der Waals surface area contributed by atoms with Gasteiger partial charge in [0.05, 0.1) is 0 Å². The van der Waals surface area contributed by atoms with Gasteiger partial charge in [0, 0.05) is 13.1 Å². The molecule has 0 unspecified atom stereocenters. The van der Waals surface area contributed by atoms with Crippen molar-refractivity contribution >= 4 is 23.8 Å². The Balaban J connectivity index is 2.42. The van der Waals surface area contributed by atoms with Gasteiger partial charge in [0.2, 0.25) is 0 Å². The average Bonchev–Trinajstić information content (AvgIpc) is 2.43. The Labute approximate surface area is 119 Å². The Morgan fingerprint density at radius 1 is 1.42 bits per heavy atom. The van der Waals surface area contributed by atoms with Crippen LogP contribution in [0.3, 0.4) is 0 Å². The number of carboxylic acid groups (broad SMARTS) is 1. The van der Waals surface area contributed by atoms with Crippen LogP contribution in [0, 0.1) is 5.92 Å². The van der Waals surface area contributed by atoms with Crippen molar-refractivity contribution in [3.05, 3.63) is 0 Å². The predicted molar refractivity (Wildman–Crippen MR) is 77.5 cm³/mol. The van der Waals surface area contributed by atoms with Crippen LogP contribution in [0.25, 0.3) is 0 Å². The van der Waals surface area contributed by atoms with Crippen LogP contribution in [0.4, 0.5) is 4.79 Å². The SMILES string of the molecule is CCC1CCN(C(=O)N[C@H](CCSC)C(=O)O)CC1. The lowest BCUT2D eigenvalue weighted by Crippen LogP contribution is -2.50. The van der Waals surface area contributed by atoms with Crippen molar-refractivity contribution < 1.29 is 14.7 Å². The highest BCUT2D eigenvalue weighted by Gasteiger charge is 2.25. The topological polar surface area (TPSA) is 69.6 Å². The van der Waals surface area contributed by atoms with E-state index in [0.717, 1.165) is 38.1 Å². The first kappa shape index (κ1) is 16.1. The molecule has 110 valence electrons. The molecule has 0 aromatic carbocycles. The Hall–Kier alpha value is -0.910. The highest BCUT2D eigenvalue weighted by molar-refractivity contribution is 7.98. The summed E-state index contributed by atoms with van der Waals surface area (Å²) in [5.41, 5.74) is 0. The fraction of sp³-hybridized carbons (Fsp3) is 0.846. The molecule has 2 amide bonds. The van der Waals surface area contributed by atoms with Crippen molar-refractivity contribution in [3.8, 4) is 0 Å². The molecule has 1 heterocycles. The molecular formula is C13H24N2O3S. The molecule has 1 aliphatic rings. The van der Waals surface area contributed by atoms with Crippen LogP contribution >= 0.6 is 11.8 Å². The predicted octanol–water partition coefficient (Wildman–Crippen LogP) is 2.02. The van der Waals surface area contributed by atoms with Crippen LogP contribution in [0.2, 0.25) is 0 Å². The van der Waals surface area contributed by atoms with E-state index >= 15 is 0 Å². The fourth-order valence-corrected chi connectivity index (χ4v) is 2.75. The van der Waals surface area contributed by atoms with E-state index in [1.807, 2.05) is 6.26 Å². The van der Waals surface area contributed by atoms with Gasteiger partial charge in [-0.1, -0.05) is 13.3 Å². The first-order valence-corrected chi connectivity index (χ1v) is 8.25. The van der Waals surface area contributed by atoms with E-state index in [1.54, 1.807) is 16.7 Å². The number of carbonyl (C=O) groups is 2. The third-order valence-electron chi connectivity index (χ3n) is 3.69. The number of carboxylic acids is 1. The number of urea groups is 1. The van der Waals surface area contributed by atoms with Crippen LogP contribution in [0.1, 0.15) is 32.6 Å². The quantitative estimate of drug-likeness (QED) is 0.784. The van der Waals surface area contributed by atoms with Gasteiger partial charge >= 0.3 is 12.0 Å². The number of carbonyl (C=O) groups excluding carboxylic acids is 1. The smallest absolute Gasteiger partial charge is 0.326 e. The normalized spacial score (nSPS) is 18.1. The molecule has 1 saturated heterocycles. The lowest BCUT2D eigenvalue weighted by atomic mass is 9.95. The highest BCUT2D eigenvalue weighted by atomic mass is 32.2. The number of rotatable bonds is 6. The van der Waals surface area contributed by atoms with Gasteiger partial charge < -0.3 is 15.3 Å². The number of thioether (sulfide) groups is 1. The van der Waals surface area contributed by atoms with E-state index in [1.165, 1.54) is 0 Å². The van der Waals surface area contributed by atoms with Gasteiger partial charge in [0.25, 0.3) is 0 Å². The number of amides is 2. The summed E-state index contributed by atoms with van der Waals surface area (Å²) in [6.45, 7) is 3.64. The summed E-state index contributed by atoms with van der Waals surface area (Å²) in [5, 5.41) is 11.7. The fourth-order valence-electron chi connectivity index (χ4n) is 2.28. The summed E-state index contributed by atoms with van der Waals surface area (Å²) in [6.07, 6.45) is 5.59. The molecule has 0 aliphatic carbocycles. The third kappa shape index (κ3) is 5.30. The Kier molecular flexibility index (Phi) is 7.05. The standard InChI is InChI=1S/C13H24N2O3S/c1-3-10-4-7-15(8-5-10)13(18)14-11(12(16)17)6-9-19-2/h10-11H,3-9H2,1-2H3,(H,14,18)(H,16,17)/t11-/m1/s1. The van der Waals surface area contributed by atoms with Crippen LogP contribution in [0.15, 0.2) is 0 Å². The van der Waals surface area contributed by atoms with Gasteiger partial charge in [0.1, 0.15) is 6.04 Å². The van der Waals surface area contributed by atoms with Gasteiger partial charge in [0.15, 0.2) is 0 Å². The van der Waals surface area contributed by atoms with E-state index in [2.05, 4.69) is 12.2 Å². The molecular weight excluding hydrogens is 264 g/mol. The van der Waals surface area contributed by atoms with Gasteiger partial charge in [-0.05, 0) is 37.2 Å². The van der Waals surface area contributed by atoms with Crippen molar-refractivity contribution in [2.24, 2.45) is 5.92 Å². The summed E-state index contributed by atoms with van der Waals surface area (Å²) in [4.78, 5) is 24.8. The van der Waals surface area contributed by atoms with Gasteiger partial charge in [-0.15, -0.1) is 0 Å². The van der Waals surface area contributed by atoms with E-state index in [0.29, 0.717) is 12.3 Å². The molecule has 1 rings (SSSR count). The highest BCUT2D eigenvalue weighted by Crippen LogP contribution is 2.19. The van der Waals surface area contributed by atoms with Crippen LogP contribution in [-0.2, 0) is 4.79 Å². The molecule has 0 saturated carbocycles. The number of hydrogen-bond donors (Lipinski definition) is 2. The lowest BCUT2D eigenvalue weighted by Gasteiger charge is -2.32. The lowest BCUT2D eigenvalue weighted by molar-refractivity contribution is -0.139.